The van der Waals surface area contributed by atoms with E-state index in [1.807, 2.05) is 0 Å². The van der Waals surface area contributed by atoms with Gasteiger partial charge in [0.2, 0.25) is 5.91 Å². The van der Waals surface area contributed by atoms with Gasteiger partial charge in [0, 0.05) is 35.8 Å². The van der Waals surface area contributed by atoms with Crippen LogP contribution in [0.25, 0.3) is 0 Å². The van der Waals surface area contributed by atoms with E-state index in [0.29, 0.717) is 18.3 Å². The zero-order valence-electron chi connectivity index (χ0n) is 12.2. The number of rotatable bonds is 3. The van der Waals surface area contributed by atoms with Crippen LogP contribution in [0.5, 0.6) is 0 Å². The summed E-state index contributed by atoms with van der Waals surface area (Å²) in [5, 5.41) is 2.71. The predicted molar refractivity (Wildman–Crippen MR) is 82.5 cm³/mol. The number of sulfone groups is 1. The number of amides is 1. The third-order valence-corrected chi connectivity index (χ3v) is 7.45. The van der Waals surface area contributed by atoms with Crippen LogP contribution in [-0.4, -0.2) is 61.0 Å². The smallest absolute Gasteiger partial charge is 0.226 e. The monoisotopic (exact) mass is 320 g/mol. The maximum Gasteiger partial charge on any atom is 0.226 e. The molecule has 1 N–H and O–H groups in total. The molecule has 2 saturated heterocycles. The second-order valence-corrected chi connectivity index (χ2v) is 9.19. The molecule has 0 spiro atoms. The average molecular weight is 320 g/mol. The van der Waals surface area contributed by atoms with Crippen molar-refractivity contribution in [2.24, 2.45) is 5.92 Å². The summed E-state index contributed by atoms with van der Waals surface area (Å²) in [5.74, 6) is 1.47. The number of hydrogen-bond acceptors (Lipinski definition) is 5. The van der Waals surface area contributed by atoms with Crippen LogP contribution in [0.1, 0.15) is 26.7 Å². The Morgan fingerprint density at radius 1 is 1.45 bits per heavy atom. The Morgan fingerprint density at radius 3 is 2.85 bits per heavy atom. The number of carbonyl (C=O) groups is 1. The second kappa shape index (κ2) is 6.66. The molecule has 0 saturated carbocycles. The Hall–Kier alpha value is -0.270. The molecule has 0 aromatic rings. The lowest BCUT2D eigenvalue weighted by molar-refractivity contribution is -0.137. The molecular weight excluding hydrogens is 296 g/mol. The summed E-state index contributed by atoms with van der Waals surface area (Å²) in [5.41, 5.74) is 0. The summed E-state index contributed by atoms with van der Waals surface area (Å²) < 4.78 is 24.4. The van der Waals surface area contributed by atoms with Gasteiger partial charge in [0.05, 0.1) is 0 Å². The van der Waals surface area contributed by atoms with Gasteiger partial charge in [-0.05, 0) is 26.3 Å². The normalized spacial score (nSPS) is 32.1. The van der Waals surface area contributed by atoms with E-state index in [4.69, 9.17) is 0 Å². The molecule has 0 aromatic carbocycles. The second-order valence-electron chi connectivity index (χ2n) is 5.59. The minimum Gasteiger partial charge on any atom is -0.324 e. The first-order chi connectivity index (χ1) is 9.45. The summed E-state index contributed by atoms with van der Waals surface area (Å²) in [4.78, 5) is 14.3. The van der Waals surface area contributed by atoms with E-state index in [-0.39, 0.29) is 17.6 Å². The van der Waals surface area contributed by atoms with Crippen molar-refractivity contribution in [1.29, 1.82) is 0 Å². The van der Waals surface area contributed by atoms with E-state index in [1.165, 1.54) is 0 Å². The van der Waals surface area contributed by atoms with Crippen LogP contribution in [-0.2, 0) is 14.6 Å². The summed E-state index contributed by atoms with van der Waals surface area (Å²) in [6.45, 7) is 5.13. The minimum absolute atomic E-state index is 0.0242. The molecule has 2 rings (SSSR count). The Labute approximate surface area is 125 Å². The fraction of sp³-hybridized carbons (Fsp3) is 0.923. The predicted octanol–water partition coefficient (Wildman–Crippen LogP) is 0.711. The number of nitrogens with zero attached hydrogens (tertiary/aromatic N) is 1. The van der Waals surface area contributed by atoms with Gasteiger partial charge in [0.15, 0.2) is 9.84 Å². The fourth-order valence-electron chi connectivity index (χ4n) is 2.91. The van der Waals surface area contributed by atoms with Gasteiger partial charge in [0.25, 0.3) is 0 Å². The third-order valence-electron chi connectivity index (χ3n) is 4.16. The number of carbonyl (C=O) groups excluding carboxylic acids is 1. The third kappa shape index (κ3) is 3.49. The van der Waals surface area contributed by atoms with E-state index >= 15 is 0 Å². The van der Waals surface area contributed by atoms with Crippen molar-refractivity contribution in [3.8, 4) is 0 Å². The van der Waals surface area contributed by atoms with Crippen molar-refractivity contribution in [2.75, 3.05) is 30.3 Å². The number of piperidine rings is 1. The first-order valence-corrected chi connectivity index (χ1v) is 10.2. The number of thioether (sulfide) groups is 1. The van der Waals surface area contributed by atoms with Gasteiger partial charge in [-0.2, -0.15) is 11.8 Å². The molecule has 3 atom stereocenters. The van der Waals surface area contributed by atoms with Crippen LogP contribution in [0.4, 0.5) is 0 Å². The molecule has 2 aliphatic rings. The van der Waals surface area contributed by atoms with Gasteiger partial charge >= 0.3 is 0 Å². The molecule has 3 unspecified atom stereocenters. The van der Waals surface area contributed by atoms with Crippen molar-refractivity contribution in [3.63, 3.8) is 0 Å². The van der Waals surface area contributed by atoms with Crippen LogP contribution >= 0.6 is 11.8 Å². The Morgan fingerprint density at radius 2 is 2.20 bits per heavy atom. The Kier molecular flexibility index (Phi) is 5.36. The summed E-state index contributed by atoms with van der Waals surface area (Å²) in [7, 11) is -3.20. The lowest BCUT2D eigenvalue weighted by atomic mass is 9.92. The topological polar surface area (TPSA) is 66.5 Å². The molecule has 2 aliphatic heterocycles. The summed E-state index contributed by atoms with van der Waals surface area (Å²) in [6.07, 6.45) is 1.62. The molecule has 0 aliphatic carbocycles. The Balaban J connectivity index is 2.13. The van der Waals surface area contributed by atoms with Gasteiger partial charge in [0.1, 0.15) is 5.37 Å². The van der Waals surface area contributed by atoms with Crippen molar-refractivity contribution in [3.05, 3.63) is 0 Å². The van der Waals surface area contributed by atoms with Gasteiger partial charge in [-0.1, -0.05) is 6.92 Å². The molecule has 5 nitrogen and oxygen atoms in total. The number of nitrogens with one attached hydrogen (secondary N) is 1. The molecule has 1 amide bonds. The average Bonchev–Trinajstić information content (AvgIpc) is 2.46. The van der Waals surface area contributed by atoms with Gasteiger partial charge < -0.3 is 10.2 Å². The standard InChI is InChI=1S/C13H24N2O3S2/c1-3-20(17,18)12-9-19-7-6-15(12)13(16)11-4-5-14-10(2)8-11/h10-12,14H,3-9H2,1-2H3. The number of hydrogen-bond donors (Lipinski definition) is 1. The highest BCUT2D eigenvalue weighted by Gasteiger charge is 2.39. The van der Waals surface area contributed by atoms with Crippen molar-refractivity contribution >= 4 is 27.5 Å². The van der Waals surface area contributed by atoms with E-state index in [0.717, 1.165) is 25.1 Å². The lowest BCUT2D eigenvalue weighted by Crippen LogP contribution is -2.54. The molecular formula is C13H24N2O3S2. The molecule has 2 heterocycles. The first-order valence-electron chi connectivity index (χ1n) is 7.29. The Bertz CT molecular complexity index is 453. The highest BCUT2D eigenvalue weighted by atomic mass is 32.2. The van der Waals surface area contributed by atoms with Gasteiger partial charge in [-0.3, -0.25) is 4.79 Å². The fourth-order valence-corrected chi connectivity index (χ4v) is 5.89. The van der Waals surface area contributed by atoms with Crippen LogP contribution < -0.4 is 5.32 Å². The van der Waals surface area contributed by atoms with Gasteiger partial charge in [-0.15, -0.1) is 0 Å². The maximum absolute atomic E-state index is 12.7. The highest BCUT2D eigenvalue weighted by Crippen LogP contribution is 2.26. The van der Waals surface area contributed by atoms with E-state index < -0.39 is 15.2 Å². The molecule has 20 heavy (non-hydrogen) atoms. The van der Waals surface area contributed by atoms with Crippen LogP contribution in [0.3, 0.4) is 0 Å². The maximum atomic E-state index is 12.7. The van der Waals surface area contributed by atoms with Crippen molar-refractivity contribution < 1.29 is 13.2 Å². The molecule has 0 aromatic heterocycles. The van der Waals surface area contributed by atoms with E-state index in [9.17, 15) is 13.2 Å². The van der Waals surface area contributed by atoms with Crippen molar-refractivity contribution in [2.45, 2.75) is 38.1 Å². The molecule has 0 bridgehead atoms. The largest absolute Gasteiger partial charge is 0.324 e. The molecule has 0 radical (unpaired) electrons. The zero-order chi connectivity index (χ0) is 14.8. The minimum atomic E-state index is -3.20. The molecule has 7 heteroatoms. The first kappa shape index (κ1) is 16.1. The summed E-state index contributed by atoms with van der Waals surface area (Å²) in [6, 6.07) is 0.332. The summed E-state index contributed by atoms with van der Waals surface area (Å²) >= 11 is 1.63. The highest BCUT2D eigenvalue weighted by molar-refractivity contribution is 8.01. The molecule has 116 valence electrons. The van der Waals surface area contributed by atoms with Crippen LogP contribution in [0.15, 0.2) is 0 Å². The van der Waals surface area contributed by atoms with Crippen LogP contribution in [0.2, 0.25) is 0 Å². The lowest BCUT2D eigenvalue weighted by Gasteiger charge is -2.38. The van der Waals surface area contributed by atoms with E-state index in [2.05, 4.69) is 12.2 Å². The molecule has 2 fully saturated rings. The zero-order valence-corrected chi connectivity index (χ0v) is 13.8. The van der Waals surface area contributed by atoms with Gasteiger partial charge in [-0.25, -0.2) is 8.42 Å². The van der Waals surface area contributed by atoms with Crippen molar-refractivity contribution in [1.82, 2.24) is 10.2 Å². The SMILES string of the molecule is CCS(=O)(=O)C1CSCCN1C(=O)C1CCNC(C)C1. The van der Waals surface area contributed by atoms with E-state index in [1.54, 1.807) is 23.6 Å². The van der Waals surface area contributed by atoms with Crippen LogP contribution in [0, 0.1) is 5.92 Å². The quantitative estimate of drug-likeness (QED) is 0.830.